The van der Waals surface area contributed by atoms with Gasteiger partial charge in [0, 0.05) is 17.0 Å². The van der Waals surface area contributed by atoms with Crippen LogP contribution in [-0.4, -0.2) is 36.9 Å². The van der Waals surface area contributed by atoms with Crippen LogP contribution in [0, 0.1) is 0 Å². The minimum Gasteiger partial charge on any atom is -0.487 e. The van der Waals surface area contributed by atoms with E-state index in [0.29, 0.717) is 13.2 Å². The third kappa shape index (κ3) is 2.51. The van der Waals surface area contributed by atoms with Crippen molar-refractivity contribution in [1.82, 2.24) is 4.90 Å². The Labute approximate surface area is 135 Å². The normalized spacial score (nSPS) is 20.0. The van der Waals surface area contributed by atoms with Gasteiger partial charge in [-0.3, -0.25) is 0 Å². The van der Waals surface area contributed by atoms with Gasteiger partial charge in [0.15, 0.2) is 0 Å². The first-order chi connectivity index (χ1) is 10.6. The van der Waals surface area contributed by atoms with Crippen LogP contribution in [0.4, 0.5) is 0 Å². The molecule has 0 saturated carbocycles. The Hall–Kier alpha value is -1.49. The molecule has 0 amide bonds. The van der Waals surface area contributed by atoms with Crippen molar-refractivity contribution in [3.8, 4) is 5.75 Å². The van der Waals surface area contributed by atoms with Crippen molar-refractivity contribution in [1.29, 1.82) is 0 Å². The molecule has 22 heavy (non-hydrogen) atoms. The van der Waals surface area contributed by atoms with Gasteiger partial charge < -0.3 is 14.7 Å². The molecule has 1 N–H and O–H groups in total. The van der Waals surface area contributed by atoms with Gasteiger partial charge in [0.25, 0.3) is 0 Å². The van der Waals surface area contributed by atoms with Crippen molar-refractivity contribution in [3.63, 3.8) is 0 Å². The summed E-state index contributed by atoms with van der Waals surface area (Å²) in [4.78, 5) is 3.07. The summed E-state index contributed by atoms with van der Waals surface area (Å²) in [6.45, 7) is 0.995. The first kappa shape index (κ1) is 15.4. The molecule has 3 rings (SSSR count). The molecule has 1 atom stereocenters. The molecular weight excluding hydrogens is 294 g/mol. The molecule has 3 nitrogen and oxygen atoms in total. The highest BCUT2D eigenvalue weighted by Crippen LogP contribution is 2.44. The molecule has 0 fully saturated rings. The number of likely N-dealkylation sites (N-methyl/N-ethyl adjacent to an activating group) is 1. The summed E-state index contributed by atoms with van der Waals surface area (Å²) in [5.74, 6) is 0.801. The molecule has 0 aliphatic carbocycles. The zero-order valence-corrected chi connectivity index (χ0v) is 14.0. The highest BCUT2D eigenvalue weighted by atomic mass is 32.2. The predicted octanol–water partition coefficient (Wildman–Crippen LogP) is 3.10. The van der Waals surface area contributed by atoms with E-state index in [9.17, 15) is 5.11 Å². The van der Waals surface area contributed by atoms with Gasteiger partial charge in [-0.2, -0.15) is 0 Å². The van der Waals surface area contributed by atoms with Crippen molar-refractivity contribution in [2.24, 2.45) is 0 Å². The van der Waals surface area contributed by atoms with Gasteiger partial charge in [-0.1, -0.05) is 36.4 Å². The summed E-state index contributed by atoms with van der Waals surface area (Å²) in [5.41, 5.74) is 1.74. The molecule has 0 radical (unpaired) electrons. The van der Waals surface area contributed by atoms with Gasteiger partial charge in [-0.25, -0.2) is 0 Å². The number of nitrogens with zero attached hydrogens (tertiary/aromatic N) is 1. The number of thioether (sulfide) groups is 1. The first-order valence-electron chi connectivity index (χ1n) is 7.32. The van der Waals surface area contributed by atoms with Crippen LogP contribution in [0.3, 0.4) is 0 Å². The van der Waals surface area contributed by atoms with Crippen molar-refractivity contribution in [2.45, 2.75) is 17.1 Å². The second-order valence-corrected chi connectivity index (χ2v) is 6.73. The second kappa shape index (κ2) is 5.95. The van der Waals surface area contributed by atoms with E-state index in [4.69, 9.17) is 4.74 Å². The van der Waals surface area contributed by atoms with E-state index in [1.807, 2.05) is 67.7 Å². The Bertz CT molecular complexity index is 687. The van der Waals surface area contributed by atoms with Gasteiger partial charge in [-0.15, -0.1) is 11.8 Å². The maximum Gasteiger partial charge on any atom is 0.139 e. The summed E-state index contributed by atoms with van der Waals surface area (Å²) < 4.78 is 6.07. The maximum absolute atomic E-state index is 11.6. The van der Waals surface area contributed by atoms with Crippen molar-refractivity contribution >= 4 is 11.8 Å². The lowest BCUT2D eigenvalue weighted by molar-refractivity contribution is 0.0505. The van der Waals surface area contributed by atoms with Crippen molar-refractivity contribution in [2.75, 3.05) is 26.9 Å². The molecule has 1 heterocycles. The highest BCUT2D eigenvalue weighted by molar-refractivity contribution is 7.98. The van der Waals surface area contributed by atoms with Crippen molar-refractivity contribution in [3.05, 3.63) is 59.2 Å². The molecule has 1 unspecified atom stereocenters. The molecule has 0 aromatic heterocycles. The summed E-state index contributed by atoms with van der Waals surface area (Å²) in [7, 11) is 3.95. The van der Waals surface area contributed by atoms with E-state index in [1.54, 1.807) is 11.8 Å². The van der Waals surface area contributed by atoms with Gasteiger partial charge in [0.2, 0.25) is 0 Å². The molecule has 2 aromatic rings. The summed E-state index contributed by atoms with van der Waals surface area (Å²) >= 11 is 1.64. The Morgan fingerprint density at radius 2 is 1.86 bits per heavy atom. The number of hydrogen-bond donors (Lipinski definition) is 1. The van der Waals surface area contributed by atoms with Crippen LogP contribution in [0.5, 0.6) is 5.75 Å². The molecular formula is C18H21NO2S. The topological polar surface area (TPSA) is 32.7 Å². The van der Waals surface area contributed by atoms with Crippen LogP contribution >= 0.6 is 11.8 Å². The Kier molecular flexibility index (Phi) is 4.17. The smallest absolute Gasteiger partial charge is 0.139 e. The summed E-state index contributed by atoms with van der Waals surface area (Å²) in [6, 6.07) is 14.0. The lowest BCUT2D eigenvalue weighted by atomic mass is 9.83. The van der Waals surface area contributed by atoms with E-state index < -0.39 is 5.60 Å². The van der Waals surface area contributed by atoms with Gasteiger partial charge in [0.1, 0.15) is 18.0 Å². The number of benzene rings is 2. The van der Waals surface area contributed by atoms with Crippen LogP contribution in [0.1, 0.15) is 16.7 Å². The third-order valence-corrected chi connectivity index (χ3v) is 4.79. The quantitative estimate of drug-likeness (QED) is 0.882. The van der Waals surface area contributed by atoms with Gasteiger partial charge >= 0.3 is 0 Å². The summed E-state index contributed by atoms with van der Waals surface area (Å²) in [6.07, 6.45) is 2.03. The summed E-state index contributed by atoms with van der Waals surface area (Å²) in [5, 5.41) is 11.6. The molecule has 4 heteroatoms. The molecule has 0 saturated heterocycles. The molecule has 1 aliphatic heterocycles. The van der Waals surface area contributed by atoms with Crippen molar-refractivity contribution < 1.29 is 9.84 Å². The number of aliphatic hydroxyl groups is 1. The number of ether oxygens (including phenoxy) is 1. The van der Waals surface area contributed by atoms with Gasteiger partial charge in [-0.05, 0) is 37.5 Å². The average molecular weight is 315 g/mol. The standard InChI is InChI=1S/C18H21NO2S/c1-19(2)12-18(20)14-8-5-4-7-13(14)11-21-17-15(18)9-6-10-16(17)22-3/h4-10,20H,11-12H2,1-3H3. The van der Waals surface area contributed by atoms with Crippen LogP contribution in [-0.2, 0) is 12.2 Å². The molecule has 0 bridgehead atoms. The monoisotopic (exact) mass is 315 g/mol. The highest BCUT2D eigenvalue weighted by Gasteiger charge is 2.39. The number of fused-ring (bicyclic) bond motifs is 2. The first-order valence-corrected chi connectivity index (χ1v) is 8.54. The van der Waals surface area contributed by atoms with Crippen LogP contribution in [0.15, 0.2) is 47.4 Å². The Morgan fingerprint density at radius 1 is 1.14 bits per heavy atom. The van der Waals surface area contributed by atoms with E-state index in [0.717, 1.165) is 27.3 Å². The fourth-order valence-electron chi connectivity index (χ4n) is 3.12. The zero-order chi connectivity index (χ0) is 15.7. The number of rotatable bonds is 3. The third-order valence-electron chi connectivity index (χ3n) is 4.02. The fourth-order valence-corrected chi connectivity index (χ4v) is 3.69. The second-order valence-electron chi connectivity index (χ2n) is 5.88. The molecule has 0 spiro atoms. The average Bonchev–Trinajstić information content (AvgIpc) is 2.63. The Balaban J connectivity index is 2.26. The minimum absolute atomic E-state index is 0.483. The predicted molar refractivity (Wildman–Crippen MR) is 90.5 cm³/mol. The molecule has 2 aromatic carbocycles. The Morgan fingerprint density at radius 3 is 2.59 bits per heavy atom. The lowest BCUT2D eigenvalue weighted by Gasteiger charge is -2.32. The fraction of sp³-hybridized carbons (Fsp3) is 0.333. The lowest BCUT2D eigenvalue weighted by Crippen LogP contribution is -2.39. The minimum atomic E-state index is -1.07. The van der Waals surface area contributed by atoms with Crippen LogP contribution < -0.4 is 4.74 Å². The van der Waals surface area contributed by atoms with Gasteiger partial charge in [0.05, 0.1) is 0 Å². The number of para-hydroxylation sites is 1. The maximum atomic E-state index is 11.6. The van der Waals surface area contributed by atoms with Crippen LogP contribution in [0.25, 0.3) is 0 Å². The largest absolute Gasteiger partial charge is 0.487 e. The van der Waals surface area contributed by atoms with E-state index in [2.05, 4.69) is 0 Å². The van der Waals surface area contributed by atoms with E-state index >= 15 is 0 Å². The number of hydrogen-bond acceptors (Lipinski definition) is 4. The molecule has 1 aliphatic rings. The SMILES string of the molecule is CSc1cccc2c1OCc1ccccc1C2(O)CN(C)C. The zero-order valence-electron chi connectivity index (χ0n) is 13.2. The van der Waals surface area contributed by atoms with E-state index in [-0.39, 0.29) is 0 Å². The van der Waals surface area contributed by atoms with Crippen LogP contribution in [0.2, 0.25) is 0 Å². The molecule has 116 valence electrons. The van der Waals surface area contributed by atoms with E-state index in [1.165, 1.54) is 0 Å².